The standard InChI is InChI=1S/C11H11Cl2N3OS/c1-17-7-2-6(4-15-5-7)10(16-14)8-3-9(12)18-11(8)13/h2-5,10,16H,14H2,1H3. The zero-order valence-corrected chi connectivity index (χ0v) is 11.8. The summed E-state index contributed by atoms with van der Waals surface area (Å²) in [5.74, 6) is 6.25. The van der Waals surface area contributed by atoms with E-state index < -0.39 is 0 Å². The third kappa shape index (κ3) is 2.76. The number of ether oxygens (including phenoxy) is 1. The van der Waals surface area contributed by atoms with Crippen LogP contribution in [0.2, 0.25) is 8.67 Å². The Labute approximate surface area is 119 Å². The van der Waals surface area contributed by atoms with Crippen LogP contribution in [-0.4, -0.2) is 12.1 Å². The molecule has 0 aromatic carbocycles. The van der Waals surface area contributed by atoms with Gasteiger partial charge < -0.3 is 4.74 Å². The minimum absolute atomic E-state index is 0.274. The molecule has 0 aliphatic rings. The highest BCUT2D eigenvalue weighted by atomic mass is 35.5. The van der Waals surface area contributed by atoms with E-state index in [-0.39, 0.29) is 6.04 Å². The van der Waals surface area contributed by atoms with E-state index in [1.165, 1.54) is 11.3 Å². The number of halogens is 2. The van der Waals surface area contributed by atoms with Crippen LogP contribution < -0.4 is 16.0 Å². The lowest BCUT2D eigenvalue weighted by Crippen LogP contribution is -2.28. The summed E-state index contributed by atoms with van der Waals surface area (Å²) in [7, 11) is 1.58. The number of methoxy groups -OCH3 is 1. The van der Waals surface area contributed by atoms with E-state index in [0.29, 0.717) is 14.4 Å². The molecule has 1 atom stereocenters. The van der Waals surface area contributed by atoms with Gasteiger partial charge in [-0.05, 0) is 17.7 Å². The van der Waals surface area contributed by atoms with Gasteiger partial charge in [0.1, 0.15) is 5.75 Å². The summed E-state index contributed by atoms with van der Waals surface area (Å²) < 4.78 is 6.35. The molecular formula is C11H11Cl2N3OS. The van der Waals surface area contributed by atoms with Crippen LogP contribution in [0.5, 0.6) is 5.75 Å². The van der Waals surface area contributed by atoms with Crippen molar-refractivity contribution >= 4 is 34.5 Å². The van der Waals surface area contributed by atoms with E-state index in [1.807, 2.05) is 6.07 Å². The lowest BCUT2D eigenvalue weighted by Gasteiger charge is -2.16. The molecule has 2 aromatic rings. The summed E-state index contributed by atoms with van der Waals surface area (Å²) in [6.45, 7) is 0. The first kappa shape index (κ1) is 13.6. The van der Waals surface area contributed by atoms with Crippen molar-refractivity contribution in [2.45, 2.75) is 6.04 Å². The minimum Gasteiger partial charge on any atom is -0.495 e. The molecule has 2 heterocycles. The van der Waals surface area contributed by atoms with Gasteiger partial charge in [-0.1, -0.05) is 23.2 Å². The molecule has 0 aliphatic carbocycles. The van der Waals surface area contributed by atoms with Crippen LogP contribution >= 0.6 is 34.5 Å². The average molecular weight is 304 g/mol. The zero-order valence-electron chi connectivity index (χ0n) is 9.48. The molecule has 1 unspecified atom stereocenters. The molecule has 0 bridgehead atoms. The summed E-state index contributed by atoms with van der Waals surface area (Å²) >= 11 is 13.4. The molecule has 7 heteroatoms. The summed E-state index contributed by atoms with van der Waals surface area (Å²) in [4.78, 5) is 4.09. The van der Waals surface area contributed by atoms with Crippen molar-refractivity contribution in [3.8, 4) is 5.75 Å². The van der Waals surface area contributed by atoms with Crippen molar-refractivity contribution in [3.63, 3.8) is 0 Å². The average Bonchev–Trinajstić information content (AvgIpc) is 2.70. The van der Waals surface area contributed by atoms with Crippen molar-refractivity contribution in [2.75, 3.05) is 7.11 Å². The van der Waals surface area contributed by atoms with Crippen molar-refractivity contribution < 1.29 is 4.74 Å². The number of nitrogens with one attached hydrogen (secondary N) is 1. The number of thiophene rings is 1. The van der Waals surface area contributed by atoms with Gasteiger partial charge in [-0.15, -0.1) is 11.3 Å². The summed E-state index contributed by atoms with van der Waals surface area (Å²) in [6.07, 6.45) is 3.33. The molecule has 96 valence electrons. The minimum atomic E-state index is -0.274. The molecule has 4 nitrogen and oxygen atoms in total. The van der Waals surface area contributed by atoms with E-state index in [9.17, 15) is 0 Å². The molecule has 0 amide bonds. The van der Waals surface area contributed by atoms with Crippen LogP contribution in [0.1, 0.15) is 17.2 Å². The SMILES string of the molecule is COc1cncc(C(NN)c2cc(Cl)sc2Cl)c1. The normalized spacial score (nSPS) is 12.4. The lowest BCUT2D eigenvalue weighted by molar-refractivity contribution is 0.411. The second kappa shape index (κ2) is 5.86. The van der Waals surface area contributed by atoms with Gasteiger partial charge in [0.05, 0.1) is 28.0 Å². The highest BCUT2D eigenvalue weighted by Crippen LogP contribution is 2.37. The molecular weight excluding hydrogens is 293 g/mol. The Bertz CT molecular complexity index is 547. The molecule has 0 spiro atoms. The van der Waals surface area contributed by atoms with Gasteiger partial charge in [-0.2, -0.15) is 0 Å². The fourth-order valence-corrected chi connectivity index (χ4v) is 3.15. The van der Waals surface area contributed by atoms with E-state index in [1.54, 1.807) is 25.6 Å². The van der Waals surface area contributed by atoms with Crippen LogP contribution in [0.15, 0.2) is 24.5 Å². The number of nitrogens with two attached hydrogens (primary N) is 1. The molecule has 3 N–H and O–H groups in total. The smallest absolute Gasteiger partial charge is 0.137 e. The molecule has 0 radical (unpaired) electrons. The molecule has 18 heavy (non-hydrogen) atoms. The number of aromatic nitrogens is 1. The molecule has 2 aromatic heterocycles. The number of nitrogens with zero attached hydrogens (tertiary/aromatic N) is 1. The van der Waals surface area contributed by atoms with Gasteiger partial charge >= 0.3 is 0 Å². The Morgan fingerprint density at radius 3 is 2.72 bits per heavy atom. The van der Waals surface area contributed by atoms with Gasteiger partial charge in [0.15, 0.2) is 0 Å². The summed E-state index contributed by atoms with van der Waals surface area (Å²) in [6, 6.07) is 3.36. The second-order valence-electron chi connectivity index (χ2n) is 3.54. The van der Waals surface area contributed by atoms with Gasteiger partial charge in [0.2, 0.25) is 0 Å². The summed E-state index contributed by atoms with van der Waals surface area (Å²) in [5.41, 5.74) is 4.39. The van der Waals surface area contributed by atoms with Gasteiger partial charge in [-0.25, -0.2) is 5.43 Å². The Morgan fingerprint density at radius 1 is 1.39 bits per heavy atom. The maximum atomic E-state index is 6.13. The fourth-order valence-electron chi connectivity index (χ4n) is 1.62. The van der Waals surface area contributed by atoms with Crippen LogP contribution in [0.3, 0.4) is 0 Å². The van der Waals surface area contributed by atoms with Crippen LogP contribution in [0.4, 0.5) is 0 Å². The van der Waals surface area contributed by atoms with E-state index in [2.05, 4.69) is 10.4 Å². The number of rotatable bonds is 4. The number of hydrogen-bond donors (Lipinski definition) is 2. The Morgan fingerprint density at radius 2 is 2.17 bits per heavy atom. The molecule has 2 rings (SSSR count). The number of hydrogen-bond acceptors (Lipinski definition) is 5. The molecule has 0 aliphatic heterocycles. The maximum Gasteiger partial charge on any atom is 0.137 e. The van der Waals surface area contributed by atoms with Crippen LogP contribution in [-0.2, 0) is 0 Å². The second-order valence-corrected chi connectivity index (χ2v) is 5.82. The predicted molar refractivity (Wildman–Crippen MR) is 74.3 cm³/mol. The van der Waals surface area contributed by atoms with E-state index >= 15 is 0 Å². The molecule has 0 fully saturated rings. The highest BCUT2D eigenvalue weighted by Gasteiger charge is 2.19. The van der Waals surface area contributed by atoms with E-state index in [0.717, 1.165) is 11.1 Å². The zero-order chi connectivity index (χ0) is 13.1. The predicted octanol–water partition coefficient (Wildman–Crippen LogP) is 3.01. The van der Waals surface area contributed by atoms with Gasteiger partial charge in [-0.3, -0.25) is 10.8 Å². The van der Waals surface area contributed by atoms with Crippen molar-refractivity contribution in [1.29, 1.82) is 0 Å². The number of hydrazine groups is 1. The van der Waals surface area contributed by atoms with Crippen LogP contribution in [0, 0.1) is 0 Å². The third-order valence-corrected chi connectivity index (χ3v) is 3.98. The largest absolute Gasteiger partial charge is 0.495 e. The highest BCUT2D eigenvalue weighted by molar-refractivity contribution is 7.20. The lowest BCUT2D eigenvalue weighted by atomic mass is 10.0. The first-order chi connectivity index (χ1) is 8.65. The van der Waals surface area contributed by atoms with Gasteiger partial charge in [0, 0.05) is 11.8 Å². The molecule has 0 saturated heterocycles. The molecule has 0 saturated carbocycles. The van der Waals surface area contributed by atoms with Gasteiger partial charge in [0.25, 0.3) is 0 Å². The monoisotopic (exact) mass is 303 g/mol. The van der Waals surface area contributed by atoms with Crippen LogP contribution in [0.25, 0.3) is 0 Å². The Kier molecular flexibility index (Phi) is 4.42. The fraction of sp³-hybridized carbons (Fsp3) is 0.182. The quantitative estimate of drug-likeness (QED) is 0.673. The number of pyridine rings is 1. The topological polar surface area (TPSA) is 60.2 Å². The first-order valence-corrected chi connectivity index (χ1v) is 6.62. The Balaban J connectivity index is 2.41. The van der Waals surface area contributed by atoms with Crippen molar-refractivity contribution in [2.24, 2.45) is 5.84 Å². The third-order valence-electron chi connectivity index (χ3n) is 2.46. The van der Waals surface area contributed by atoms with Crippen molar-refractivity contribution in [3.05, 3.63) is 44.3 Å². The first-order valence-electron chi connectivity index (χ1n) is 5.05. The maximum absolute atomic E-state index is 6.13. The summed E-state index contributed by atoms with van der Waals surface area (Å²) in [5, 5.41) is 0. The Hall–Kier alpha value is -0.850. The van der Waals surface area contributed by atoms with E-state index in [4.69, 9.17) is 33.8 Å². The van der Waals surface area contributed by atoms with Crippen molar-refractivity contribution in [1.82, 2.24) is 10.4 Å².